The van der Waals surface area contributed by atoms with E-state index in [-0.39, 0.29) is 24.7 Å². The highest BCUT2D eigenvalue weighted by Crippen LogP contribution is 2.05. The van der Waals surface area contributed by atoms with Crippen molar-refractivity contribution in [3.05, 3.63) is 35.9 Å². The molecule has 0 radical (unpaired) electrons. The minimum absolute atomic E-state index is 0.0562. The Bertz CT molecular complexity index is 376. The first kappa shape index (κ1) is 13.2. The molecule has 1 aromatic rings. The van der Waals surface area contributed by atoms with Crippen molar-refractivity contribution in [2.45, 2.75) is 19.4 Å². The molecule has 0 aliphatic heterocycles. The van der Waals surface area contributed by atoms with Gasteiger partial charge in [0.15, 0.2) is 0 Å². The second-order valence-electron chi connectivity index (χ2n) is 3.81. The number of rotatable bonds is 5. The summed E-state index contributed by atoms with van der Waals surface area (Å²) in [6.45, 7) is 0.556. The van der Waals surface area contributed by atoms with E-state index >= 15 is 0 Å². The zero-order valence-electron chi connectivity index (χ0n) is 10.2. The van der Waals surface area contributed by atoms with Gasteiger partial charge in [0.05, 0.1) is 13.5 Å². The Kier molecular flexibility index (Phi) is 5.20. The molecule has 0 bridgehead atoms. The summed E-state index contributed by atoms with van der Waals surface area (Å²) >= 11 is 0. The van der Waals surface area contributed by atoms with Crippen LogP contribution in [0, 0.1) is 0 Å². The lowest BCUT2D eigenvalue weighted by Gasteiger charge is -2.16. The van der Waals surface area contributed by atoms with Crippen molar-refractivity contribution >= 4 is 11.9 Å². The number of nitrogens with zero attached hydrogens (tertiary/aromatic N) is 1. The smallest absolute Gasteiger partial charge is 0.306 e. The number of hydrogen-bond donors (Lipinski definition) is 0. The van der Waals surface area contributed by atoms with Crippen LogP contribution in [0.1, 0.15) is 18.4 Å². The van der Waals surface area contributed by atoms with E-state index in [2.05, 4.69) is 4.74 Å². The molecule has 0 saturated carbocycles. The van der Waals surface area contributed by atoms with E-state index in [1.165, 1.54) is 7.11 Å². The van der Waals surface area contributed by atoms with Crippen LogP contribution >= 0.6 is 0 Å². The van der Waals surface area contributed by atoms with Gasteiger partial charge in [-0.15, -0.1) is 0 Å². The van der Waals surface area contributed by atoms with Gasteiger partial charge in [0, 0.05) is 20.0 Å². The summed E-state index contributed by atoms with van der Waals surface area (Å²) in [6, 6.07) is 9.72. The lowest BCUT2D eigenvalue weighted by Crippen LogP contribution is -2.26. The van der Waals surface area contributed by atoms with E-state index in [1.807, 2.05) is 30.3 Å². The Morgan fingerprint density at radius 3 is 2.41 bits per heavy atom. The first-order valence-electron chi connectivity index (χ1n) is 5.48. The maximum atomic E-state index is 11.7. The maximum absolute atomic E-state index is 11.7. The van der Waals surface area contributed by atoms with Crippen molar-refractivity contribution in [3.8, 4) is 0 Å². The molecule has 0 heterocycles. The molecule has 0 spiro atoms. The summed E-state index contributed by atoms with van der Waals surface area (Å²) < 4.78 is 4.49. The Labute approximate surface area is 101 Å². The quantitative estimate of drug-likeness (QED) is 0.728. The normalized spacial score (nSPS) is 9.76. The van der Waals surface area contributed by atoms with Gasteiger partial charge in [-0.2, -0.15) is 0 Å². The van der Waals surface area contributed by atoms with Crippen molar-refractivity contribution in [2.24, 2.45) is 0 Å². The average Bonchev–Trinajstić information content (AvgIpc) is 2.36. The molecule has 0 saturated heterocycles. The summed E-state index contributed by atoms with van der Waals surface area (Å²) in [5.41, 5.74) is 1.07. The molecule has 17 heavy (non-hydrogen) atoms. The maximum Gasteiger partial charge on any atom is 0.306 e. The fourth-order valence-electron chi connectivity index (χ4n) is 1.45. The van der Waals surface area contributed by atoms with Crippen LogP contribution in [0.4, 0.5) is 0 Å². The Morgan fingerprint density at radius 2 is 1.82 bits per heavy atom. The molecule has 0 fully saturated rings. The third-order valence-corrected chi connectivity index (χ3v) is 2.46. The molecule has 0 unspecified atom stereocenters. The van der Waals surface area contributed by atoms with Crippen LogP contribution in [0.2, 0.25) is 0 Å². The van der Waals surface area contributed by atoms with Gasteiger partial charge in [-0.25, -0.2) is 0 Å². The molecule has 0 atom stereocenters. The number of hydrogen-bond acceptors (Lipinski definition) is 3. The molecule has 1 aromatic carbocycles. The van der Waals surface area contributed by atoms with Crippen molar-refractivity contribution in [1.82, 2.24) is 4.90 Å². The third kappa shape index (κ3) is 4.68. The van der Waals surface area contributed by atoms with E-state index in [9.17, 15) is 9.59 Å². The Hall–Kier alpha value is -1.84. The molecule has 4 nitrogen and oxygen atoms in total. The average molecular weight is 235 g/mol. The first-order chi connectivity index (χ1) is 8.13. The van der Waals surface area contributed by atoms with E-state index in [1.54, 1.807) is 11.9 Å². The van der Waals surface area contributed by atoms with E-state index in [4.69, 9.17) is 0 Å². The minimum atomic E-state index is -0.355. The highest BCUT2D eigenvalue weighted by molar-refractivity contribution is 5.81. The van der Waals surface area contributed by atoms with Crippen LogP contribution in [0.3, 0.4) is 0 Å². The molecule has 0 N–H and O–H groups in total. The predicted molar refractivity (Wildman–Crippen MR) is 64.2 cm³/mol. The second-order valence-corrected chi connectivity index (χ2v) is 3.81. The van der Waals surface area contributed by atoms with Crippen molar-refractivity contribution in [1.29, 1.82) is 0 Å². The van der Waals surface area contributed by atoms with Crippen molar-refractivity contribution < 1.29 is 14.3 Å². The second kappa shape index (κ2) is 6.68. The molecular formula is C13H17NO3. The SMILES string of the molecule is COC(=O)CCC(=O)N(C)Cc1ccccc1. The highest BCUT2D eigenvalue weighted by atomic mass is 16.5. The predicted octanol–water partition coefficient (Wildman–Crippen LogP) is 1.60. The van der Waals surface area contributed by atoms with Crippen molar-refractivity contribution in [3.63, 3.8) is 0 Å². The van der Waals surface area contributed by atoms with Crippen LogP contribution in [0.25, 0.3) is 0 Å². The number of methoxy groups -OCH3 is 1. The van der Waals surface area contributed by atoms with Gasteiger partial charge in [-0.05, 0) is 5.56 Å². The number of esters is 1. The molecule has 0 aliphatic carbocycles. The van der Waals surface area contributed by atoms with Crippen LogP contribution in [0.5, 0.6) is 0 Å². The van der Waals surface area contributed by atoms with Gasteiger partial charge < -0.3 is 9.64 Å². The highest BCUT2D eigenvalue weighted by Gasteiger charge is 2.11. The number of amides is 1. The topological polar surface area (TPSA) is 46.6 Å². The minimum Gasteiger partial charge on any atom is -0.469 e. The molecule has 0 aliphatic rings. The van der Waals surface area contributed by atoms with Gasteiger partial charge in [0.1, 0.15) is 0 Å². The summed E-state index contributed by atoms with van der Waals surface area (Å²) in [5.74, 6) is -0.411. The monoisotopic (exact) mass is 235 g/mol. The van der Waals surface area contributed by atoms with Gasteiger partial charge in [0.25, 0.3) is 0 Å². The fraction of sp³-hybridized carbons (Fsp3) is 0.385. The van der Waals surface area contributed by atoms with Crippen LogP contribution in [-0.4, -0.2) is 30.9 Å². The summed E-state index contributed by atoms with van der Waals surface area (Å²) in [5, 5.41) is 0. The van der Waals surface area contributed by atoms with Crippen LogP contribution in [0.15, 0.2) is 30.3 Å². The summed E-state index contributed by atoms with van der Waals surface area (Å²) in [6.07, 6.45) is 0.324. The van der Waals surface area contributed by atoms with Gasteiger partial charge in [-0.3, -0.25) is 9.59 Å². The largest absolute Gasteiger partial charge is 0.469 e. The van der Waals surface area contributed by atoms with E-state index < -0.39 is 0 Å². The number of carbonyl (C=O) groups excluding carboxylic acids is 2. The number of ether oxygens (including phenoxy) is 1. The Morgan fingerprint density at radius 1 is 1.18 bits per heavy atom. The standard InChI is InChI=1S/C13H17NO3/c1-14(10-11-6-4-3-5-7-11)12(15)8-9-13(16)17-2/h3-7H,8-10H2,1-2H3. The van der Waals surface area contributed by atoms with E-state index in [0.29, 0.717) is 6.54 Å². The fourth-order valence-corrected chi connectivity index (χ4v) is 1.45. The van der Waals surface area contributed by atoms with Gasteiger partial charge in [0.2, 0.25) is 5.91 Å². The van der Waals surface area contributed by atoms with Gasteiger partial charge in [-0.1, -0.05) is 30.3 Å². The number of benzene rings is 1. The molecule has 0 aromatic heterocycles. The van der Waals surface area contributed by atoms with Crippen LogP contribution < -0.4 is 0 Å². The molecule has 1 amide bonds. The Balaban J connectivity index is 2.40. The zero-order valence-corrected chi connectivity index (χ0v) is 10.2. The molecule has 1 rings (SSSR count). The van der Waals surface area contributed by atoms with Crippen LogP contribution in [-0.2, 0) is 20.9 Å². The summed E-state index contributed by atoms with van der Waals surface area (Å²) in [4.78, 5) is 24.2. The van der Waals surface area contributed by atoms with E-state index in [0.717, 1.165) is 5.56 Å². The molecule has 4 heteroatoms. The van der Waals surface area contributed by atoms with Gasteiger partial charge >= 0.3 is 5.97 Å². The molecule has 92 valence electrons. The first-order valence-corrected chi connectivity index (χ1v) is 5.48. The molecular weight excluding hydrogens is 218 g/mol. The number of carbonyl (C=O) groups is 2. The lowest BCUT2D eigenvalue weighted by molar-refractivity contribution is -0.143. The van der Waals surface area contributed by atoms with Crippen molar-refractivity contribution in [2.75, 3.05) is 14.2 Å². The summed E-state index contributed by atoms with van der Waals surface area (Å²) in [7, 11) is 3.05. The zero-order chi connectivity index (χ0) is 12.7. The lowest BCUT2D eigenvalue weighted by atomic mass is 10.2. The third-order valence-electron chi connectivity index (χ3n) is 2.46.